The Morgan fingerprint density at radius 2 is 1.36 bits per heavy atom. The smallest absolute Gasteiger partial charge is 0.415 e. The van der Waals surface area contributed by atoms with Gasteiger partial charge in [0.1, 0.15) is 42.7 Å². The van der Waals surface area contributed by atoms with Crippen molar-refractivity contribution >= 4 is 17.6 Å². The van der Waals surface area contributed by atoms with Crippen molar-refractivity contribution in [3.05, 3.63) is 174 Å². The molecule has 2 atom stereocenters. The average molecular weight is 600 g/mol. The van der Waals surface area contributed by atoms with E-state index in [2.05, 4.69) is 0 Å². The van der Waals surface area contributed by atoms with Crippen molar-refractivity contribution in [1.82, 2.24) is 0 Å². The van der Waals surface area contributed by atoms with E-state index in [1.165, 1.54) is 30.3 Å². The number of anilines is 1. The lowest BCUT2D eigenvalue weighted by molar-refractivity contribution is 0.104. The second-order valence-electron chi connectivity index (χ2n) is 10.5. The minimum atomic E-state index is -0.836. The minimum Gasteiger partial charge on any atom is -0.489 e. The van der Waals surface area contributed by atoms with Crippen LogP contribution < -0.4 is 14.4 Å². The molecule has 5 aromatic rings. The van der Waals surface area contributed by atoms with Crippen LogP contribution in [0.25, 0.3) is 0 Å². The van der Waals surface area contributed by atoms with E-state index in [-0.39, 0.29) is 12.4 Å². The Morgan fingerprint density at radius 3 is 2.00 bits per heavy atom. The van der Waals surface area contributed by atoms with Crippen LogP contribution in [0.3, 0.4) is 0 Å². The highest BCUT2D eigenvalue weighted by molar-refractivity contribution is 6.04. The molecule has 1 saturated heterocycles. The second-order valence-corrected chi connectivity index (χ2v) is 10.5. The number of carbonyl (C=O) groups excluding carboxylic acids is 2. The van der Waals surface area contributed by atoms with Crippen molar-refractivity contribution in [1.29, 1.82) is 0 Å². The first-order chi connectivity index (χ1) is 22.0. The molecule has 45 heavy (non-hydrogen) atoms. The number of para-hydroxylation sites is 1. The third kappa shape index (κ3) is 7.11. The fourth-order valence-electron chi connectivity index (χ4n) is 5.16. The van der Waals surface area contributed by atoms with Crippen LogP contribution in [0.5, 0.6) is 11.5 Å². The SMILES string of the molecule is O=C(/C=C/[C@H]1OC(=O)N(c2ccccc2)[C@@H]1c1ccc(OCc2ccccc2)cc1OCc1ccccc1)c1ccc(F)cc1. The highest BCUT2D eigenvalue weighted by Crippen LogP contribution is 2.43. The third-order valence-electron chi connectivity index (χ3n) is 7.41. The number of nitrogens with zero attached hydrogens (tertiary/aromatic N) is 1. The molecule has 1 amide bonds. The Hall–Kier alpha value is -5.69. The monoisotopic (exact) mass is 599 g/mol. The highest BCUT2D eigenvalue weighted by Gasteiger charge is 2.44. The first-order valence-electron chi connectivity index (χ1n) is 14.6. The largest absolute Gasteiger partial charge is 0.489 e. The van der Waals surface area contributed by atoms with Crippen molar-refractivity contribution in [3.8, 4) is 11.5 Å². The number of cyclic esters (lactones) is 1. The number of amides is 1. The summed E-state index contributed by atoms with van der Waals surface area (Å²) in [5.74, 6) is 0.337. The number of ketones is 1. The van der Waals surface area contributed by atoms with Crippen LogP contribution in [0.2, 0.25) is 0 Å². The fraction of sp³-hybridized carbons (Fsp3) is 0.105. The van der Waals surface area contributed by atoms with Gasteiger partial charge in [-0.15, -0.1) is 0 Å². The standard InChI is InChI=1S/C38H30FNO5/c39-30-18-16-29(17-19-30)34(41)22-23-35-37(40(38(42)45-35)31-14-8-3-9-15-31)33-21-20-32(43-25-27-10-4-1-5-11-27)24-36(33)44-26-28-12-6-2-7-13-28/h1-24,35,37H,25-26H2/b23-22+/t35-,37-/m1/s1. The van der Waals surface area contributed by atoms with Crippen molar-refractivity contribution in [2.75, 3.05) is 4.90 Å². The van der Waals surface area contributed by atoms with E-state index in [9.17, 15) is 14.0 Å². The first-order valence-corrected chi connectivity index (χ1v) is 14.6. The van der Waals surface area contributed by atoms with Crippen molar-refractivity contribution in [2.45, 2.75) is 25.4 Å². The lowest BCUT2D eigenvalue weighted by atomic mass is 9.97. The topological polar surface area (TPSA) is 65.1 Å². The van der Waals surface area contributed by atoms with Gasteiger partial charge in [-0.05, 0) is 71.8 Å². The van der Waals surface area contributed by atoms with E-state index in [1.54, 1.807) is 11.0 Å². The molecule has 1 heterocycles. The van der Waals surface area contributed by atoms with Gasteiger partial charge in [-0.3, -0.25) is 9.69 Å². The Balaban J connectivity index is 1.37. The molecule has 0 aliphatic carbocycles. The van der Waals surface area contributed by atoms with E-state index < -0.39 is 24.1 Å². The maximum absolute atomic E-state index is 13.4. The van der Waals surface area contributed by atoms with Gasteiger partial charge in [0.15, 0.2) is 5.78 Å². The maximum atomic E-state index is 13.4. The van der Waals surface area contributed by atoms with Crippen LogP contribution in [-0.4, -0.2) is 18.0 Å². The number of rotatable bonds is 11. The zero-order valence-electron chi connectivity index (χ0n) is 24.3. The molecular formula is C38H30FNO5. The van der Waals surface area contributed by atoms with Gasteiger partial charge in [0.2, 0.25) is 0 Å². The zero-order valence-corrected chi connectivity index (χ0v) is 24.3. The summed E-state index contributed by atoms with van der Waals surface area (Å²) in [7, 11) is 0. The lowest BCUT2D eigenvalue weighted by Gasteiger charge is -2.26. The molecule has 0 bridgehead atoms. The van der Waals surface area contributed by atoms with E-state index in [0.717, 1.165) is 11.1 Å². The lowest BCUT2D eigenvalue weighted by Crippen LogP contribution is -2.29. The molecule has 6 rings (SSSR count). The molecule has 224 valence electrons. The summed E-state index contributed by atoms with van der Waals surface area (Å²) in [6, 6.07) is 39.0. The Bertz CT molecular complexity index is 1780. The molecule has 1 aliphatic heterocycles. The number of ether oxygens (including phenoxy) is 3. The average Bonchev–Trinajstić information content (AvgIpc) is 3.42. The second kappa shape index (κ2) is 13.7. The predicted molar refractivity (Wildman–Crippen MR) is 170 cm³/mol. The molecule has 1 fully saturated rings. The number of hydrogen-bond donors (Lipinski definition) is 0. The molecular weight excluding hydrogens is 569 g/mol. The highest BCUT2D eigenvalue weighted by atomic mass is 19.1. The number of allylic oxidation sites excluding steroid dienone is 1. The summed E-state index contributed by atoms with van der Waals surface area (Å²) < 4.78 is 31.8. The van der Waals surface area contributed by atoms with E-state index in [1.807, 2.05) is 109 Å². The van der Waals surface area contributed by atoms with Gasteiger partial charge in [0.25, 0.3) is 0 Å². The zero-order chi connectivity index (χ0) is 31.0. The third-order valence-corrected chi connectivity index (χ3v) is 7.41. The van der Waals surface area contributed by atoms with Crippen molar-refractivity contribution < 1.29 is 28.2 Å². The van der Waals surface area contributed by atoms with Gasteiger partial charge in [-0.25, -0.2) is 9.18 Å². The molecule has 0 N–H and O–H groups in total. The molecule has 0 saturated carbocycles. The van der Waals surface area contributed by atoms with E-state index in [0.29, 0.717) is 34.9 Å². The molecule has 1 aliphatic rings. The normalized spacial score (nSPS) is 16.0. The Labute approximate surface area is 260 Å². The van der Waals surface area contributed by atoms with Crippen molar-refractivity contribution in [2.24, 2.45) is 0 Å². The molecule has 6 nitrogen and oxygen atoms in total. The Morgan fingerprint density at radius 1 is 0.756 bits per heavy atom. The fourth-order valence-corrected chi connectivity index (χ4v) is 5.16. The minimum absolute atomic E-state index is 0.284. The molecule has 7 heteroatoms. The van der Waals surface area contributed by atoms with Gasteiger partial charge in [0, 0.05) is 22.9 Å². The summed E-state index contributed by atoms with van der Waals surface area (Å²) in [4.78, 5) is 27.9. The number of hydrogen-bond acceptors (Lipinski definition) is 5. The number of carbonyl (C=O) groups is 2. The summed E-state index contributed by atoms with van der Waals surface area (Å²) in [5, 5.41) is 0. The van der Waals surface area contributed by atoms with Gasteiger partial charge in [-0.1, -0.05) is 78.9 Å². The molecule has 0 radical (unpaired) electrons. The summed E-state index contributed by atoms with van der Waals surface area (Å²) in [5.41, 5.74) is 3.62. The number of halogens is 1. The van der Waals surface area contributed by atoms with Crippen LogP contribution >= 0.6 is 0 Å². The van der Waals surface area contributed by atoms with Gasteiger partial charge < -0.3 is 14.2 Å². The quantitative estimate of drug-likeness (QED) is 0.113. The first kappa shape index (κ1) is 29.4. The molecule has 0 aromatic heterocycles. The van der Waals surface area contributed by atoms with Crippen LogP contribution in [-0.2, 0) is 18.0 Å². The molecule has 0 unspecified atom stereocenters. The van der Waals surface area contributed by atoms with Gasteiger partial charge >= 0.3 is 6.09 Å². The Kier molecular flexibility index (Phi) is 8.97. The summed E-state index contributed by atoms with van der Waals surface area (Å²) in [6.07, 6.45) is 1.53. The van der Waals surface area contributed by atoms with Gasteiger partial charge in [0.05, 0.1) is 0 Å². The van der Waals surface area contributed by atoms with Crippen LogP contribution in [0, 0.1) is 5.82 Å². The van der Waals surface area contributed by atoms with E-state index in [4.69, 9.17) is 14.2 Å². The molecule has 0 spiro atoms. The van der Waals surface area contributed by atoms with Gasteiger partial charge in [-0.2, -0.15) is 0 Å². The number of benzene rings is 5. The van der Waals surface area contributed by atoms with Crippen LogP contribution in [0.15, 0.2) is 146 Å². The van der Waals surface area contributed by atoms with Crippen LogP contribution in [0.4, 0.5) is 14.9 Å². The summed E-state index contributed by atoms with van der Waals surface area (Å²) >= 11 is 0. The maximum Gasteiger partial charge on any atom is 0.415 e. The summed E-state index contributed by atoms with van der Waals surface area (Å²) in [6.45, 7) is 0.655. The van der Waals surface area contributed by atoms with Crippen molar-refractivity contribution in [3.63, 3.8) is 0 Å². The molecule has 5 aromatic carbocycles. The van der Waals surface area contributed by atoms with E-state index >= 15 is 0 Å². The predicted octanol–water partition coefficient (Wildman–Crippen LogP) is 8.49. The van der Waals surface area contributed by atoms with Crippen LogP contribution in [0.1, 0.15) is 33.1 Å².